The summed E-state index contributed by atoms with van der Waals surface area (Å²) in [5, 5.41) is 6.57. The molecule has 0 unspecified atom stereocenters. The molecule has 0 atom stereocenters. The Balaban J connectivity index is 2.26. The maximum atomic E-state index is 4.37. The largest absolute Gasteiger partial charge is 0.388 e. The molecule has 2 rings (SSSR count). The number of allylic oxidation sites excluding steroid dienone is 1. The van der Waals surface area contributed by atoms with Gasteiger partial charge in [0.2, 0.25) is 0 Å². The fraction of sp³-hybridized carbons (Fsp3) is 0.235. The maximum Gasteiger partial charge on any atom is 0.130 e. The molecule has 0 aliphatic carbocycles. The second-order valence-corrected chi connectivity index (χ2v) is 5.05. The van der Waals surface area contributed by atoms with E-state index in [1.54, 1.807) is 0 Å². The average molecular weight is 267 g/mol. The molecule has 3 heteroatoms. The van der Waals surface area contributed by atoms with Crippen LogP contribution in [0.5, 0.6) is 0 Å². The van der Waals surface area contributed by atoms with Crippen molar-refractivity contribution in [1.82, 2.24) is 10.3 Å². The molecule has 0 spiro atoms. The Kier molecular flexibility index (Phi) is 4.41. The molecule has 0 radical (unpaired) electrons. The van der Waals surface area contributed by atoms with Crippen molar-refractivity contribution in [2.24, 2.45) is 0 Å². The summed E-state index contributed by atoms with van der Waals surface area (Å²) in [6, 6.07) is 12.4. The van der Waals surface area contributed by atoms with E-state index >= 15 is 0 Å². The third kappa shape index (κ3) is 3.38. The second-order valence-electron chi connectivity index (χ2n) is 5.05. The van der Waals surface area contributed by atoms with Gasteiger partial charge in [0.1, 0.15) is 5.82 Å². The minimum atomic E-state index is 0.848. The maximum absolute atomic E-state index is 4.37. The second kappa shape index (κ2) is 6.24. The molecule has 0 amide bonds. The van der Waals surface area contributed by atoms with E-state index in [1.165, 1.54) is 11.1 Å². The van der Waals surface area contributed by atoms with Crippen molar-refractivity contribution in [2.75, 3.05) is 12.4 Å². The lowest BCUT2D eigenvalue weighted by Gasteiger charge is -2.12. The van der Waals surface area contributed by atoms with Crippen LogP contribution in [0.15, 0.2) is 48.2 Å². The number of benzene rings is 1. The van der Waals surface area contributed by atoms with E-state index in [9.17, 15) is 0 Å². The molecule has 2 N–H and O–H groups in total. The first-order valence-electron chi connectivity index (χ1n) is 6.75. The normalized spacial score (nSPS) is 10.0. The van der Waals surface area contributed by atoms with Crippen LogP contribution >= 0.6 is 0 Å². The van der Waals surface area contributed by atoms with Crippen molar-refractivity contribution in [3.8, 4) is 0 Å². The Morgan fingerprint density at radius 3 is 2.35 bits per heavy atom. The third-order valence-electron chi connectivity index (χ3n) is 3.12. The Morgan fingerprint density at radius 1 is 1.05 bits per heavy atom. The van der Waals surface area contributed by atoms with Gasteiger partial charge in [-0.3, -0.25) is 0 Å². The number of nitrogens with one attached hydrogen (secondary N) is 2. The van der Waals surface area contributed by atoms with Crippen molar-refractivity contribution < 1.29 is 0 Å². The molecule has 1 aromatic heterocycles. The molecule has 0 aliphatic heterocycles. The van der Waals surface area contributed by atoms with Crippen molar-refractivity contribution in [1.29, 1.82) is 0 Å². The molecule has 2 aromatic rings. The summed E-state index contributed by atoms with van der Waals surface area (Å²) in [4.78, 5) is 4.37. The van der Waals surface area contributed by atoms with Crippen molar-refractivity contribution >= 4 is 17.2 Å². The van der Waals surface area contributed by atoms with E-state index in [-0.39, 0.29) is 0 Å². The van der Waals surface area contributed by atoms with E-state index in [0.717, 1.165) is 22.8 Å². The van der Waals surface area contributed by atoms with Crippen LogP contribution in [0.25, 0.3) is 5.70 Å². The number of pyridine rings is 1. The number of rotatable bonds is 4. The summed E-state index contributed by atoms with van der Waals surface area (Å²) >= 11 is 0. The van der Waals surface area contributed by atoms with Gasteiger partial charge >= 0.3 is 0 Å². The van der Waals surface area contributed by atoms with Gasteiger partial charge in [0.15, 0.2) is 0 Å². The molecule has 1 heterocycles. The molecule has 0 bridgehead atoms. The van der Waals surface area contributed by atoms with Crippen LogP contribution in [0.2, 0.25) is 0 Å². The molecule has 0 aliphatic rings. The van der Waals surface area contributed by atoms with Gasteiger partial charge in [0.25, 0.3) is 0 Å². The summed E-state index contributed by atoms with van der Waals surface area (Å²) < 4.78 is 0. The van der Waals surface area contributed by atoms with Gasteiger partial charge in [0.05, 0.1) is 0 Å². The zero-order valence-electron chi connectivity index (χ0n) is 12.5. The molecule has 0 saturated carbocycles. The number of hydrogen-bond donors (Lipinski definition) is 2. The summed E-state index contributed by atoms with van der Waals surface area (Å²) in [6.45, 7) is 6.27. The van der Waals surface area contributed by atoms with Crippen LogP contribution in [0, 0.1) is 6.92 Å². The molecule has 0 saturated heterocycles. The molecule has 0 fully saturated rings. The topological polar surface area (TPSA) is 37.0 Å². The Bertz CT molecular complexity index is 608. The highest BCUT2D eigenvalue weighted by atomic mass is 15.0. The number of nitrogens with zero attached hydrogens (tertiary/aromatic N) is 1. The fourth-order valence-electron chi connectivity index (χ4n) is 2.12. The standard InChI is InChI=1S/C17H21N3/c1-12(2)17(18-4)14-9-10-19-16(11-14)20-15-7-5-13(3)6-8-15/h5-11,18H,1-4H3,(H,19,20). The first-order valence-corrected chi connectivity index (χ1v) is 6.75. The molecule has 104 valence electrons. The third-order valence-corrected chi connectivity index (χ3v) is 3.12. The van der Waals surface area contributed by atoms with E-state index in [0.29, 0.717) is 0 Å². The van der Waals surface area contributed by atoms with Gasteiger partial charge in [-0.25, -0.2) is 4.98 Å². The first kappa shape index (κ1) is 14.1. The first-order chi connectivity index (χ1) is 9.60. The zero-order valence-corrected chi connectivity index (χ0v) is 12.5. The van der Waals surface area contributed by atoms with Gasteiger partial charge in [-0.1, -0.05) is 23.3 Å². The summed E-state index contributed by atoms with van der Waals surface area (Å²) in [5.41, 5.74) is 5.82. The predicted molar refractivity (Wildman–Crippen MR) is 86.0 cm³/mol. The zero-order chi connectivity index (χ0) is 14.5. The number of hydrogen-bond acceptors (Lipinski definition) is 3. The molecule has 20 heavy (non-hydrogen) atoms. The highest BCUT2D eigenvalue weighted by Gasteiger charge is 2.04. The highest BCUT2D eigenvalue weighted by molar-refractivity contribution is 5.69. The summed E-state index contributed by atoms with van der Waals surface area (Å²) in [5.74, 6) is 0.848. The number of aryl methyl sites for hydroxylation is 1. The van der Waals surface area contributed by atoms with Crippen LogP contribution in [-0.4, -0.2) is 12.0 Å². The van der Waals surface area contributed by atoms with Gasteiger partial charge in [-0.05, 0) is 45.0 Å². The minimum Gasteiger partial charge on any atom is -0.388 e. The predicted octanol–water partition coefficient (Wildman–Crippen LogP) is 4.10. The Labute approximate surface area is 120 Å². The van der Waals surface area contributed by atoms with E-state index in [4.69, 9.17) is 0 Å². The molecular formula is C17H21N3. The summed E-state index contributed by atoms with van der Waals surface area (Å²) in [7, 11) is 1.94. The van der Waals surface area contributed by atoms with Gasteiger partial charge in [-0.15, -0.1) is 0 Å². The minimum absolute atomic E-state index is 0.848. The van der Waals surface area contributed by atoms with Crippen molar-refractivity contribution in [2.45, 2.75) is 20.8 Å². The van der Waals surface area contributed by atoms with Crippen LogP contribution < -0.4 is 10.6 Å². The van der Waals surface area contributed by atoms with Gasteiger partial charge < -0.3 is 10.6 Å². The lowest BCUT2D eigenvalue weighted by Crippen LogP contribution is -2.07. The highest BCUT2D eigenvalue weighted by Crippen LogP contribution is 2.20. The lowest BCUT2D eigenvalue weighted by atomic mass is 10.1. The molecule has 1 aromatic carbocycles. The number of anilines is 2. The molecule has 3 nitrogen and oxygen atoms in total. The number of aromatic nitrogens is 1. The smallest absolute Gasteiger partial charge is 0.130 e. The molecular weight excluding hydrogens is 246 g/mol. The summed E-state index contributed by atoms with van der Waals surface area (Å²) in [6.07, 6.45) is 1.83. The van der Waals surface area contributed by atoms with Crippen LogP contribution in [0.3, 0.4) is 0 Å². The lowest BCUT2D eigenvalue weighted by molar-refractivity contribution is 1.09. The quantitative estimate of drug-likeness (QED) is 0.875. The van der Waals surface area contributed by atoms with Crippen molar-refractivity contribution in [3.05, 3.63) is 59.3 Å². The van der Waals surface area contributed by atoms with Crippen LogP contribution in [-0.2, 0) is 0 Å². The van der Waals surface area contributed by atoms with Gasteiger partial charge in [0, 0.05) is 30.2 Å². The van der Waals surface area contributed by atoms with Crippen molar-refractivity contribution in [3.63, 3.8) is 0 Å². The van der Waals surface area contributed by atoms with E-state index in [2.05, 4.69) is 66.7 Å². The van der Waals surface area contributed by atoms with Gasteiger partial charge in [-0.2, -0.15) is 0 Å². The Morgan fingerprint density at radius 2 is 1.75 bits per heavy atom. The fourth-order valence-corrected chi connectivity index (χ4v) is 2.12. The van der Waals surface area contributed by atoms with E-state index in [1.807, 2.05) is 19.3 Å². The van der Waals surface area contributed by atoms with E-state index < -0.39 is 0 Å². The Hall–Kier alpha value is -2.29. The monoisotopic (exact) mass is 267 g/mol. The average Bonchev–Trinajstić information content (AvgIpc) is 2.42. The van der Waals surface area contributed by atoms with Crippen LogP contribution in [0.1, 0.15) is 25.0 Å². The SMILES string of the molecule is CNC(=C(C)C)c1ccnc(Nc2ccc(C)cc2)c1. The van der Waals surface area contributed by atoms with Crippen LogP contribution in [0.4, 0.5) is 11.5 Å².